The summed E-state index contributed by atoms with van der Waals surface area (Å²) in [6.07, 6.45) is 2.53. The minimum absolute atomic E-state index is 0.164. The van der Waals surface area contributed by atoms with Crippen molar-refractivity contribution in [2.45, 2.75) is 36.0 Å². The molecule has 0 saturated heterocycles. The highest BCUT2D eigenvalue weighted by Gasteiger charge is 2.26. The fraction of sp³-hybridized carbons (Fsp3) is 0.562. The normalized spacial score (nSPS) is 21.1. The van der Waals surface area contributed by atoms with Gasteiger partial charge < -0.3 is 10.4 Å². The molecule has 0 radical (unpaired) electrons. The molecule has 0 aromatic heterocycles. The first-order valence-electron chi connectivity index (χ1n) is 7.66. The molecule has 1 aromatic rings. The Morgan fingerprint density at radius 2 is 2.17 bits per heavy atom. The molecule has 128 valence electrons. The number of nitrogens with zero attached hydrogens (tertiary/aromatic N) is 1. The van der Waals surface area contributed by atoms with Gasteiger partial charge in [0.1, 0.15) is 0 Å². The lowest BCUT2D eigenvalue weighted by Gasteiger charge is -2.22. The van der Waals surface area contributed by atoms with E-state index >= 15 is 0 Å². The summed E-state index contributed by atoms with van der Waals surface area (Å²) in [5.41, 5.74) is 0.400. The summed E-state index contributed by atoms with van der Waals surface area (Å²) in [5.74, 6) is -2.57. The second-order valence-corrected chi connectivity index (χ2v) is 6.91. The van der Waals surface area contributed by atoms with E-state index < -0.39 is 5.76 Å². The molecule has 23 heavy (non-hydrogen) atoms. The fourth-order valence-electron chi connectivity index (χ4n) is 2.90. The molecule has 1 amide bonds. The Morgan fingerprint density at radius 3 is 2.83 bits per heavy atom. The van der Waals surface area contributed by atoms with Crippen LogP contribution in [0.25, 0.3) is 0 Å². The maximum atomic E-state index is 12.5. The molecular formula is C16H22F2N2O2S. The molecule has 2 N–H and O–H groups in total. The number of hydrogen-bond acceptors (Lipinski definition) is 4. The molecule has 1 fully saturated rings. The van der Waals surface area contributed by atoms with E-state index in [0.29, 0.717) is 28.9 Å². The predicted molar refractivity (Wildman–Crippen MR) is 87.8 cm³/mol. The lowest BCUT2D eigenvalue weighted by atomic mass is 10.1. The summed E-state index contributed by atoms with van der Waals surface area (Å²) in [6, 6.07) is 6.53. The Labute approximate surface area is 139 Å². The van der Waals surface area contributed by atoms with E-state index in [9.17, 15) is 18.7 Å². The number of nitrogens with one attached hydrogen (secondary N) is 1. The van der Waals surface area contributed by atoms with Gasteiger partial charge in [0, 0.05) is 11.4 Å². The lowest BCUT2D eigenvalue weighted by molar-refractivity contribution is -0.117. The summed E-state index contributed by atoms with van der Waals surface area (Å²) in [5, 5.41) is 12.5. The zero-order valence-corrected chi connectivity index (χ0v) is 13.9. The summed E-state index contributed by atoms with van der Waals surface area (Å²) >= 11 is 0.418. The number of carbonyl (C=O) groups is 1. The Bertz CT molecular complexity index is 531. The van der Waals surface area contributed by atoms with Gasteiger partial charge in [0.25, 0.3) is 5.76 Å². The van der Waals surface area contributed by atoms with Gasteiger partial charge in [-0.3, -0.25) is 9.69 Å². The highest BCUT2D eigenvalue weighted by Crippen LogP contribution is 2.31. The molecule has 1 saturated carbocycles. The molecule has 0 heterocycles. The quantitative estimate of drug-likeness (QED) is 0.747. The van der Waals surface area contributed by atoms with Crippen LogP contribution in [0, 0.1) is 5.92 Å². The number of thioether (sulfide) groups is 1. The number of aliphatic hydroxyl groups excluding tert-OH is 1. The van der Waals surface area contributed by atoms with Crippen molar-refractivity contribution in [3.63, 3.8) is 0 Å². The van der Waals surface area contributed by atoms with Crippen LogP contribution in [0.5, 0.6) is 0 Å². The second kappa shape index (κ2) is 8.61. The molecule has 1 aliphatic rings. The summed E-state index contributed by atoms with van der Waals surface area (Å²) in [4.78, 5) is 14.3. The van der Waals surface area contributed by atoms with E-state index in [1.807, 2.05) is 11.9 Å². The first-order valence-corrected chi connectivity index (χ1v) is 8.54. The van der Waals surface area contributed by atoms with Gasteiger partial charge in [-0.25, -0.2) is 0 Å². The molecule has 0 bridgehead atoms. The first-order chi connectivity index (χ1) is 11.0. The van der Waals surface area contributed by atoms with Gasteiger partial charge in [0.15, 0.2) is 0 Å². The highest BCUT2D eigenvalue weighted by molar-refractivity contribution is 7.99. The first kappa shape index (κ1) is 18.2. The maximum absolute atomic E-state index is 12.5. The fourth-order valence-corrected chi connectivity index (χ4v) is 3.49. The van der Waals surface area contributed by atoms with Gasteiger partial charge in [-0.05, 0) is 37.9 Å². The third kappa shape index (κ3) is 5.75. The molecule has 4 nitrogen and oxygen atoms in total. The number of halogens is 2. The van der Waals surface area contributed by atoms with Crippen LogP contribution in [-0.4, -0.2) is 47.9 Å². The van der Waals surface area contributed by atoms with E-state index in [1.165, 1.54) is 0 Å². The van der Waals surface area contributed by atoms with E-state index in [-0.39, 0.29) is 24.5 Å². The van der Waals surface area contributed by atoms with Crippen LogP contribution in [0.1, 0.15) is 19.3 Å². The zero-order valence-electron chi connectivity index (χ0n) is 13.0. The van der Waals surface area contributed by atoms with Crippen molar-refractivity contribution in [3.8, 4) is 0 Å². The average molecular weight is 344 g/mol. The van der Waals surface area contributed by atoms with Crippen molar-refractivity contribution in [2.75, 3.05) is 25.5 Å². The Balaban J connectivity index is 1.87. The van der Waals surface area contributed by atoms with E-state index in [4.69, 9.17) is 0 Å². The van der Waals surface area contributed by atoms with Crippen molar-refractivity contribution in [1.29, 1.82) is 0 Å². The van der Waals surface area contributed by atoms with Crippen molar-refractivity contribution in [3.05, 3.63) is 24.3 Å². The maximum Gasteiger partial charge on any atom is 0.288 e. The standard InChI is InChI=1S/C16H22F2N2O2S/c1-20(9-11-5-4-7-13(11)21)10-15(22)19-12-6-2-3-8-14(12)23-16(17)18/h2-3,6,8,11,13,16,21H,4-5,7,9-10H2,1H3,(H,19,22). The molecule has 2 unspecified atom stereocenters. The molecule has 2 rings (SSSR count). The van der Waals surface area contributed by atoms with Crippen LogP contribution in [0.3, 0.4) is 0 Å². The van der Waals surface area contributed by atoms with Gasteiger partial charge in [0.05, 0.1) is 18.3 Å². The van der Waals surface area contributed by atoms with Gasteiger partial charge >= 0.3 is 0 Å². The van der Waals surface area contributed by atoms with E-state index in [0.717, 1.165) is 19.3 Å². The smallest absolute Gasteiger partial charge is 0.288 e. The second-order valence-electron chi connectivity index (χ2n) is 5.88. The minimum atomic E-state index is -2.53. The number of hydrogen-bond donors (Lipinski definition) is 2. The summed E-state index contributed by atoms with van der Waals surface area (Å²) < 4.78 is 25.1. The van der Waals surface area contributed by atoms with E-state index in [2.05, 4.69) is 5.32 Å². The number of para-hydroxylation sites is 1. The molecule has 0 spiro atoms. The number of aliphatic hydroxyl groups is 1. The highest BCUT2D eigenvalue weighted by atomic mass is 32.2. The van der Waals surface area contributed by atoms with Crippen LogP contribution < -0.4 is 5.32 Å². The van der Waals surface area contributed by atoms with Gasteiger partial charge in [-0.1, -0.05) is 30.3 Å². The minimum Gasteiger partial charge on any atom is -0.393 e. The molecule has 0 aliphatic heterocycles. The predicted octanol–water partition coefficient (Wildman–Crippen LogP) is 3.03. The molecule has 1 aromatic carbocycles. The average Bonchev–Trinajstić information content (AvgIpc) is 2.85. The van der Waals surface area contributed by atoms with Crippen molar-refractivity contribution < 1.29 is 18.7 Å². The third-order valence-electron chi connectivity index (χ3n) is 3.96. The Hall–Kier alpha value is -1.18. The Morgan fingerprint density at radius 1 is 1.43 bits per heavy atom. The number of benzene rings is 1. The number of rotatable bonds is 7. The van der Waals surface area contributed by atoms with Crippen LogP contribution in [-0.2, 0) is 4.79 Å². The zero-order chi connectivity index (χ0) is 16.8. The van der Waals surface area contributed by atoms with Crippen LogP contribution in [0.2, 0.25) is 0 Å². The van der Waals surface area contributed by atoms with Crippen LogP contribution >= 0.6 is 11.8 Å². The largest absolute Gasteiger partial charge is 0.393 e. The third-order valence-corrected chi connectivity index (χ3v) is 4.74. The van der Waals surface area contributed by atoms with Crippen molar-refractivity contribution in [1.82, 2.24) is 4.90 Å². The van der Waals surface area contributed by atoms with Crippen molar-refractivity contribution in [2.24, 2.45) is 5.92 Å². The number of anilines is 1. The van der Waals surface area contributed by atoms with Gasteiger partial charge in [0.2, 0.25) is 5.91 Å². The Kier molecular flexibility index (Phi) is 6.80. The lowest BCUT2D eigenvalue weighted by Crippen LogP contribution is -2.35. The summed E-state index contributed by atoms with van der Waals surface area (Å²) in [6.45, 7) is 0.818. The SMILES string of the molecule is CN(CC(=O)Nc1ccccc1SC(F)F)CC1CCCC1O. The molecule has 2 atom stereocenters. The molecular weight excluding hydrogens is 322 g/mol. The number of likely N-dealkylation sites (N-methyl/N-ethyl adjacent to an activating group) is 1. The van der Waals surface area contributed by atoms with Crippen LogP contribution in [0.4, 0.5) is 14.5 Å². The van der Waals surface area contributed by atoms with Gasteiger partial charge in [-0.2, -0.15) is 8.78 Å². The van der Waals surface area contributed by atoms with Crippen LogP contribution in [0.15, 0.2) is 29.2 Å². The molecule has 7 heteroatoms. The monoisotopic (exact) mass is 344 g/mol. The number of amides is 1. The van der Waals surface area contributed by atoms with Gasteiger partial charge in [-0.15, -0.1) is 0 Å². The number of carbonyl (C=O) groups excluding carboxylic acids is 1. The topological polar surface area (TPSA) is 52.6 Å². The molecule has 1 aliphatic carbocycles. The van der Waals surface area contributed by atoms with Crippen molar-refractivity contribution >= 4 is 23.4 Å². The number of alkyl halides is 2. The van der Waals surface area contributed by atoms with E-state index in [1.54, 1.807) is 24.3 Å². The summed E-state index contributed by atoms with van der Waals surface area (Å²) in [7, 11) is 1.82.